The van der Waals surface area contributed by atoms with Gasteiger partial charge in [0.05, 0.1) is 0 Å². The van der Waals surface area contributed by atoms with Crippen molar-refractivity contribution in [1.82, 2.24) is 10.6 Å². The first kappa shape index (κ1) is 18.3. The number of benzene rings is 2. The minimum absolute atomic E-state index is 0.532. The summed E-state index contributed by atoms with van der Waals surface area (Å²) >= 11 is 12.1. The van der Waals surface area contributed by atoms with Crippen molar-refractivity contribution in [2.75, 3.05) is 26.2 Å². The van der Waals surface area contributed by atoms with Crippen LogP contribution in [-0.4, -0.2) is 26.2 Å². The second-order valence-corrected chi connectivity index (χ2v) is 6.60. The van der Waals surface area contributed by atoms with Gasteiger partial charge in [0.25, 0.3) is 0 Å². The molecule has 124 valence electrons. The molecule has 0 amide bonds. The van der Waals surface area contributed by atoms with E-state index in [1.807, 2.05) is 12.1 Å². The highest BCUT2D eigenvalue weighted by Crippen LogP contribution is 2.21. The fraction of sp³-hybridized carbons (Fsp3) is 0.368. The number of rotatable bonds is 9. The molecule has 0 aromatic heterocycles. The van der Waals surface area contributed by atoms with E-state index in [9.17, 15) is 0 Å². The van der Waals surface area contributed by atoms with Gasteiger partial charge < -0.3 is 10.6 Å². The molecule has 2 aromatic carbocycles. The van der Waals surface area contributed by atoms with Crippen LogP contribution < -0.4 is 10.6 Å². The van der Waals surface area contributed by atoms with E-state index in [-0.39, 0.29) is 0 Å². The first-order valence-corrected chi connectivity index (χ1v) is 8.82. The molecule has 0 fully saturated rings. The van der Waals surface area contributed by atoms with E-state index in [1.165, 1.54) is 5.56 Å². The van der Waals surface area contributed by atoms with Crippen LogP contribution in [0.15, 0.2) is 48.5 Å². The predicted octanol–water partition coefficient (Wildman–Crippen LogP) is 4.52. The van der Waals surface area contributed by atoms with E-state index in [2.05, 4.69) is 47.9 Å². The summed E-state index contributed by atoms with van der Waals surface area (Å²) in [6, 6.07) is 16.3. The average molecular weight is 351 g/mol. The van der Waals surface area contributed by atoms with Gasteiger partial charge in [-0.1, -0.05) is 66.5 Å². The molecule has 0 spiro atoms. The van der Waals surface area contributed by atoms with E-state index in [0.29, 0.717) is 10.9 Å². The highest BCUT2D eigenvalue weighted by molar-refractivity contribution is 6.35. The van der Waals surface area contributed by atoms with Crippen molar-refractivity contribution in [3.63, 3.8) is 0 Å². The lowest BCUT2D eigenvalue weighted by atomic mass is 10.0. The van der Waals surface area contributed by atoms with Crippen LogP contribution >= 0.6 is 23.2 Å². The third-order valence-electron chi connectivity index (χ3n) is 3.88. The fourth-order valence-electron chi connectivity index (χ4n) is 2.47. The summed E-state index contributed by atoms with van der Waals surface area (Å²) in [7, 11) is 0. The minimum atomic E-state index is 0.532. The molecule has 2 nitrogen and oxygen atoms in total. The Morgan fingerprint density at radius 2 is 1.65 bits per heavy atom. The SMILES string of the molecule is CC(CNCCNCCc1ccc(Cl)cc1Cl)c1ccccc1. The maximum atomic E-state index is 6.16. The van der Waals surface area contributed by atoms with Crippen LogP contribution in [0.2, 0.25) is 10.0 Å². The third kappa shape index (κ3) is 6.52. The summed E-state index contributed by atoms with van der Waals surface area (Å²) in [5, 5.41) is 8.36. The second-order valence-electron chi connectivity index (χ2n) is 5.75. The van der Waals surface area contributed by atoms with Gasteiger partial charge >= 0.3 is 0 Å². The van der Waals surface area contributed by atoms with Gasteiger partial charge in [0, 0.05) is 29.7 Å². The number of nitrogens with one attached hydrogen (secondary N) is 2. The van der Waals surface area contributed by atoms with Crippen LogP contribution in [0.1, 0.15) is 24.0 Å². The van der Waals surface area contributed by atoms with Crippen molar-refractivity contribution < 1.29 is 0 Å². The predicted molar refractivity (Wildman–Crippen MR) is 101 cm³/mol. The Balaban J connectivity index is 1.56. The van der Waals surface area contributed by atoms with Gasteiger partial charge in [-0.15, -0.1) is 0 Å². The minimum Gasteiger partial charge on any atom is -0.315 e. The fourth-order valence-corrected chi connectivity index (χ4v) is 2.97. The Hall–Kier alpha value is -1.06. The normalized spacial score (nSPS) is 12.3. The van der Waals surface area contributed by atoms with E-state index in [0.717, 1.165) is 43.2 Å². The van der Waals surface area contributed by atoms with E-state index in [4.69, 9.17) is 23.2 Å². The molecule has 2 rings (SSSR count). The molecule has 0 saturated carbocycles. The zero-order valence-corrected chi connectivity index (χ0v) is 15.0. The van der Waals surface area contributed by atoms with Crippen LogP contribution in [0.3, 0.4) is 0 Å². The highest BCUT2D eigenvalue weighted by atomic mass is 35.5. The lowest BCUT2D eigenvalue weighted by Crippen LogP contribution is -2.30. The van der Waals surface area contributed by atoms with Crippen LogP contribution in [0, 0.1) is 0 Å². The maximum absolute atomic E-state index is 6.16. The Morgan fingerprint density at radius 3 is 2.39 bits per heavy atom. The maximum Gasteiger partial charge on any atom is 0.0453 e. The molecule has 1 atom stereocenters. The standard InChI is InChI=1S/C19H24Cl2N2/c1-15(16-5-3-2-4-6-16)14-23-12-11-22-10-9-17-7-8-18(20)13-19(17)21/h2-8,13,15,22-23H,9-12,14H2,1H3. The summed E-state index contributed by atoms with van der Waals surface area (Å²) in [6.45, 7) is 6.07. The molecule has 23 heavy (non-hydrogen) atoms. The molecule has 0 aliphatic carbocycles. The lowest BCUT2D eigenvalue weighted by Gasteiger charge is -2.13. The third-order valence-corrected chi connectivity index (χ3v) is 4.47. The topological polar surface area (TPSA) is 24.1 Å². The van der Waals surface area contributed by atoms with Gasteiger partial charge in [0.1, 0.15) is 0 Å². The molecule has 0 heterocycles. The number of hydrogen-bond donors (Lipinski definition) is 2. The Bertz CT molecular complexity index is 587. The molecule has 4 heteroatoms. The molecular formula is C19H24Cl2N2. The Morgan fingerprint density at radius 1 is 0.913 bits per heavy atom. The van der Waals surface area contributed by atoms with Crippen molar-refractivity contribution >= 4 is 23.2 Å². The smallest absolute Gasteiger partial charge is 0.0453 e. The second kappa shape index (κ2) is 9.94. The molecule has 2 N–H and O–H groups in total. The molecule has 0 aliphatic rings. The Labute approximate surface area is 149 Å². The van der Waals surface area contributed by atoms with E-state index in [1.54, 1.807) is 6.07 Å². The van der Waals surface area contributed by atoms with Crippen LogP contribution in [0.25, 0.3) is 0 Å². The molecule has 2 aromatic rings. The van der Waals surface area contributed by atoms with Gasteiger partial charge in [-0.3, -0.25) is 0 Å². The van der Waals surface area contributed by atoms with Gasteiger partial charge in [-0.25, -0.2) is 0 Å². The molecule has 0 aliphatic heterocycles. The Kier molecular flexibility index (Phi) is 7.90. The molecular weight excluding hydrogens is 327 g/mol. The van der Waals surface area contributed by atoms with Gasteiger partial charge in [0.2, 0.25) is 0 Å². The summed E-state index contributed by atoms with van der Waals surface area (Å²) < 4.78 is 0. The van der Waals surface area contributed by atoms with Gasteiger partial charge in [-0.2, -0.15) is 0 Å². The first-order chi connectivity index (χ1) is 11.2. The quantitative estimate of drug-likeness (QED) is 0.649. The summed E-state index contributed by atoms with van der Waals surface area (Å²) in [4.78, 5) is 0. The highest BCUT2D eigenvalue weighted by Gasteiger charge is 2.04. The zero-order valence-electron chi connectivity index (χ0n) is 13.5. The van der Waals surface area contributed by atoms with Crippen molar-refractivity contribution in [3.05, 3.63) is 69.7 Å². The van der Waals surface area contributed by atoms with Gasteiger partial charge in [0.15, 0.2) is 0 Å². The molecule has 1 unspecified atom stereocenters. The molecule has 0 bridgehead atoms. The first-order valence-electron chi connectivity index (χ1n) is 8.07. The number of hydrogen-bond acceptors (Lipinski definition) is 2. The van der Waals surface area contributed by atoms with Crippen molar-refractivity contribution in [1.29, 1.82) is 0 Å². The van der Waals surface area contributed by atoms with E-state index < -0.39 is 0 Å². The lowest BCUT2D eigenvalue weighted by molar-refractivity contribution is 0.578. The average Bonchev–Trinajstić information content (AvgIpc) is 2.56. The zero-order chi connectivity index (χ0) is 16.5. The summed E-state index contributed by atoms with van der Waals surface area (Å²) in [5.74, 6) is 0.532. The van der Waals surface area contributed by atoms with Crippen molar-refractivity contribution in [2.24, 2.45) is 0 Å². The van der Waals surface area contributed by atoms with Crippen molar-refractivity contribution in [3.8, 4) is 0 Å². The summed E-state index contributed by atoms with van der Waals surface area (Å²) in [5.41, 5.74) is 2.51. The van der Waals surface area contributed by atoms with E-state index >= 15 is 0 Å². The molecule has 0 radical (unpaired) electrons. The number of halogens is 2. The van der Waals surface area contributed by atoms with Crippen molar-refractivity contribution in [2.45, 2.75) is 19.3 Å². The van der Waals surface area contributed by atoms with Crippen LogP contribution in [0.5, 0.6) is 0 Å². The largest absolute Gasteiger partial charge is 0.315 e. The summed E-state index contributed by atoms with van der Waals surface area (Å²) in [6.07, 6.45) is 0.913. The monoisotopic (exact) mass is 350 g/mol. The van der Waals surface area contributed by atoms with Crippen LogP contribution in [0.4, 0.5) is 0 Å². The van der Waals surface area contributed by atoms with Crippen LogP contribution in [-0.2, 0) is 6.42 Å². The van der Waals surface area contributed by atoms with Gasteiger partial charge in [-0.05, 0) is 42.1 Å². The molecule has 0 saturated heterocycles.